The second kappa shape index (κ2) is 6.88. The molecule has 0 heterocycles. The molecule has 3 nitrogen and oxygen atoms in total. The molecule has 2 aliphatic rings. The van der Waals surface area contributed by atoms with Gasteiger partial charge in [-0.1, -0.05) is 19.8 Å². The monoisotopic (exact) mass is 254 g/mol. The Morgan fingerprint density at radius 1 is 1.28 bits per heavy atom. The molecule has 0 aromatic heterocycles. The Hall–Kier alpha value is -0.120. The molecule has 2 fully saturated rings. The minimum atomic E-state index is 0.593. The van der Waals surface area contributed by atoms with Crippen molar-refractivity contribution in [3.05, 3.63) is 0 Å². The Balaban J connectivity index is 1.95. The quantitative estimate of drug-likeness (QED) is 0.757. The van der Waals surface area contributed by atoms with E-state index in [1.54, 1.807) is 7.11 Å². The van der Waals surface area contributed by atoms with Gasteiger partial charge in [-0.3, -0.25) is 4.90 Å². The lowest BCUT2D eigenvalue weighted by Gasteiger charge is -2.40. The van der Waals surface area contributed by atoms with Gasteiger partial charge in [0, 0.05) is 32.3 Å². The second-order valence-corrected chi connectivity index (χ2v) is 6.30. The van der Waals surface area contributed by atoms with Crippen LogP contribution >= 0.6 is 0 Å². The summed E-state index contributed by atoms with van der Waals surface area (Å²) < 4.78 is 5.27. The summed E-state index contributed by atoms with van der Waals surface area (Å²) >= 11 is 0. The summed E-state index contributed by atoms with van der Waals surface area (Å²) in [6.07, 6.45) is 8.28. The third kappa shape index (κ3) is 3.69. The van der Waals surface area contributed by atoms with E-state index in [0.29, 0.717) is 6.04 Å². The zero-order chi connectivity index (χ0) is 13.0. The highest BCUT2D eigenvalue weighted by atomic mass is 16.5. The number of rotatable bonds is 7. The van der Waals surface area contributed by atoms with E-state index in [9.17, 15) is 0 Å². The van der Waals surface area contributed by atoms with Crippen molar-refractivity contribution in [2.45, 2.75) is 57.5 Å². The maximum atomic E-state index is 6.10. The average Bonchev–Trinajstić information content (AvgIpc) is 3.18. The fraction of sp³-hybridized carbons (Fsp3) is 1.00. The van der Waals surface area contributed by atoms with Crippen LogP contribution in [-0.4, -0.2) is 43.8 Å². The van der Waals surface area contributed by atoms with E-state index in [1.165, 1.54) is 38.5 Å². The molecule has 0 bridgehead atoms. The SMILES string of the molecule is COCCN(C1CC1)C(CN)C1CCCC(C)C1. The number of ether oxygens (including phenoxy) is 1. The fourth-order valence-electron chi connectivity index (χ4n) is 3.65. The Kier molecular flexibility index (Phi) is 5.46. The highest BCUT2D eigenvalue weighted by molar-refractivity contribution is 4.93. The summed E-state index contributed by atoms with van der Waals surface area (Å²) in [5.41, 5.74) is 6.10. The lowest BCUT2D eigenvalue weighted by atomic mass is 9.78. The van der Waals surface area contributed by atoms with Crippen LogP contribution in [0.4, 0.5) is 0 Å². The largest absolute Gasteiger partial charge is 0.383 e. The van der Waals surface area contributed by atoms with Crippen LogP contribution in [0.2, 0.25) is 0 Å². The molecule has 106 valence electrons. The Labute approximate surface area is 112 Å². The summed E-state index contributed by atoms with van der Waals surface area (Å²) in [5.74, 6) is 1.71. The van der Waals surface area contributed by atoms with Crippen molar-refractivity contribution in [3.63, 3.8) is 0 Å². The summed E-state index contributed by atoms with van der Waals surface area (Å²) in [6, 6.07) is 1.39. The fourth-order valence-corrected chi connectivity index (χ4v) is 3.65. The van der Waals surface area contributed by atoms with Crippen LogP contribution in [0.25, 0.3) is 0 Å². The third-order valence-electron chi connectivity index (χ3n) is 4.76. The van der Waals surface area contributed by atoms with Crippen LogP contribution in [0, 0.1) is 11.8 Å². The normalized spacial score (nSPS) is 30.7. The molecule has 18 heavy (non-hydrogen) atoms. The third-order valence-corrected chi connectivity index (χ3v) is 4.76. The van der Waals surface area contributed by atoms with Gasteiger partial charge in [0.25, 0.3) is 0 Å². The molecule has 0 aromatic rings. The van der Waals surface area contributed by atoms with Crippen molar-refractivity contribution in [1.29, 1.82) is 0 Å². The molecule has 0 spiro atoms. The average molecular weight is 254 g/mol. The summed E-state index contributed by atoms with van der Waals surface area (Å²) in [6.45, 7) is 5.12. The minimum absolute atomic E-state index is 0.593. The predicted octanol–water partition coefficient (Wildman–Crippen LogP) is 2.25. The first-order valence-corrected chi connectivity index (χ1v) is 7.71. The van der Waals surface area contributed by atoms with Crippen LogP contribution in [0.3, 0.4) is 0 Å². The van der Waals surface area contributed by atoms with Crippen molar-refractivity contribution >= 4 is 0 Å². The van der Waals surface area contributed by atoms with Gasteiger partial charge in [-0.25, -0.2) is 0 Å². The first kappa shape index (κ1) is 14.3. The molecule has 2 N–H and O–H groups in total. The van der Waals surface area contributed by atoms with Gasteiger partial charge in [0.1, 0.15) is 0 Å². The van der Waals surface area contributed by atoms with Gasteiger partial charge in [0.2, 0.25) is 0 Å². The van der Waals surface area contributed by atoms with E-state index in [4.69, 9.17) is 10.5 Å². The van der Waals surface area contributed by atoms with E-state index >= 15 is 0 Å². The van der Waals surface area contributed by atoms with Crippen molar-refractivity contribution in [1.82, 2.24) is 4.90 Å². The van der Waals surface area contributed by atoms with Gasteiger partial charge in [-0.2, -0.15) is 0 Å². The first-order valence-electron chi connectivity index (χ1n) is 7.71. The van der Waals surface area contributed by atoms with Gasteiger partial charge in [-0.05, 0) is 37.5 Å². The molecule has 0 amide bonds. The van der Waals surface area contributed by atoms with Crippen molar-refractivity contribution in [2.75, 3.05) is 26.8 Å². The maximum Gasteiger partial charge on any atom is 0.0589 e. The van der Waals surface area contributed by atoms with Crippen LogP contribution in [0.1, 0.15) is 45.4 Å². The molecule has 3 unspecified atom stereocenters. The number of nitrogens with two attached hydrogens (primary N) is 1. The van der Waals surface area contributed by atoms with E-state index in [-0.39, 0.29) is 0 Å². The molecule has 0 aliphatic heterocycles. The number of hydrogen-bond acceptors (Lipinski definition) is 3. The van der Waals surface area contributed by atoms with Gasteiger partial charge >= 0.3 is 0 Å². The van der Waals surface area contributed by atoms with Crippen molar-refractivity contribution in [3.8, 4) is 0 Å². The van der Waals surface area contributed by atoms with Crippen LogP contribution < -0.4 is 5.73 Å². The zero-order valence-corrected chi connectivity index (χ0v) is 12.1. The highest BCUT2D eigenvalue weighted by Gasteiger charge is 2.37. The van der Waals surface area contributed by atoms with E-state index in [1.807, 2.05) is 0 Å². The highest BCUT2D eigenvalue weighted by Crippen LogP contribution is 2.36. The molecular weight excluding hydrogens is 224 g/mol. The number of methoxy groups -OCH3 is 1. The molecule has 3 heteroatoms. The Morgan fingerprint density at radius 3 is 2.61 bits per heavy atom. The molecule has 0 radical (unpaired) electrons. The number of nitrogens with zero attached hydrogens (tertiary/aromatic N) is 1. The minimum Gasteiger partial charge on any atom is -0.383 e. The first-order chi connectivity index (χ1) is 8.76. The van der Waals surface area contributed by atoms with Gasteiger partial charge in [0.15, 0.2) is 0 Å². The maximum absolute atomic E-state index is 6.10. The molecule has 2 rings (SSSR count). The Morgan fingerprint density at radius 2 is 2.06 bits per heavy atom. The van der Waals surface area contributed by atoms with Crippen LogP contribution in [-0.2, 0) is 4.74 Å². The van der Waals surface area contributed by atoms with Gasteiger partial charge < -0.3 is 10.5 Å². The topological polar surface area (TPSA) is 38.5 Å². The lowest BCUT2D eigenvalue weighted by Crippen LogP contribution is -2.49. The summed E-state index contributed by atoms with van der Waals surface area (Å²) in [4.78, 5) is 2.66. The number of hydrogen-bond donors (Lipinski definition) is 1. The molecule has 2 aliphatic carbocycles. The smallest absolute Gasteiger partial charge is 0.0589 e. The van der Waals surface area contributed by atoms with Crippen LogP contribution in [0.15, 0.2) is 0 Å². The Bertz CT molecular complexity index is 243. The van der Waals surface area contributed by atoms with Crippen molar-refractivity contribution < 1.29 is 4.74 Å². The zero-order valence-electron chi connectivity index (χ0n) is 12.1. The molecular formula is C15H30N2O. The van der Waals surface area contributed by atoms with Gasteiger partial charge in [-0.15, -0.1) is 0 Å². The van der Waals surface area contributed by atoms with Gasteiger partial charge in [0.05, 0.1) is 6.61 Å². The van der Waals surface area contributed by atoms with E-state index in [2.05, 4.69) is 11.8 Å². The molecule has 3 atom stereocenters. The predicted molar refractivity (Wildman–Crippen MR) is 75.6 cm³/mol. The summed E-state index contributed by atoms with van der Waals surface area (Å²) in [5, 5.41) is 0. The summed E-state index contributed by atoms with van der Waals surface area (Å²) in [7, 11) is 1.80. The molecule has 0 saturated heterocycles. The van der Waals surface area contributed by atoms with E-state index in [0.717, 1.165) is 37.6 Å². The van der Waals surface area contributed by atoms with Crippen LogP contribution in [0.5, 0.6) is 0 Å². The second-order valence-electron chi connectivity index (χ2n) is 6.30. The molecule has 2 saturated carbocycles. The van der Waals surface area contributed by atoms with E-state index < -0.39 is 0 Å². The lowest BCUT2D eigenvalue weighted by molar-refractivity contribution is 0.0703. The van der Waals surface area contributed by atoms with Crippen molar-refractivity contribution in [2.24, 2.45) is 17.6 Å². The molecule has 0 aromatic carbocycles. The standard InChI is InChI=1S/C15H30N2O/c1-12-4-3-5-13(10-12)15(11-16)17(8-9-18-2)14-6-7-14/h12-15H,3-11,16H2,1-2H3.